The number of ether oxygens (including phenoxy) is 1. The third-order valence-electron chi connectivity index (χ3n) is 2.61. The van der Waals surface area contributed by atoms with Gasteiger partial charge in [-0.15, -0.1) is 0 Å². The van der Waals surface area contributed by atoms with E-state index in [0.717, 1.165) is 6.54 Å². The van der Waals surface area contributed by atoms with Gasteiger partial charge in [0.1, 0.15) is 12.4 Å². The fraction of sp³-hybridized carbons (Fsp3) is 0.500. The lowest BCUT2D eigenvalue weighted by Gasteiger charge is -2.07. The van der Waals surface area contributed by atoms with Gasteiger partial charge in [0.25, 0.3) is 0 Å². The van der Waals surface area contributed by atoms with Gasteiger partial charge in [-0.2, -0.15) is 0 Å². The van der Waals surface area contributed by atoms with Gasteiger partial charge in [-0.1, -0.05) is 6.07 Å². The minimum Gasteiger partial charge on any atom is -0.492 e. The summed E-state index contributed by atoms with van der Waals surface area (Å²) in [5.41, 5.74) is 0. The maximum Gasteiger partial charge on any atom is 0.175 e. The lowest BCUT2D eigenvalue weighted by atomic mass is 10.3. The monoisotopic (exact) mass is 255 g/mol. The number of benzene rings is 1. The molecule has 2 rings (SSSR count). The summed E-state index contributed by atoms with van der Waals surface area (Å²) in [7, 11) is -3.15. The zero-order chi connectivity index (χ0) is 12.3. The number of rotatable bonds is 6. The average Bonchev–Trinajstić information content (AvgIpc) is 3.08. The van der Waals surface area contributed by atoms with E-state index in [1.54, 1.807) is 24.3 Å². The van der Waals surface area contributed by atoms with Crippen LogP contribution in [0.1, 0.15) is 12.8 Å². The van der Waals surface area contributed by atoms with Gasteiger partial charge in [0.05, 0.1) is 4.90 Å². The first-order chi connectivity index (χ1) is 8.05. The zero-order valence-corrected chi connectivity index (χ0v) is 10.7. The van der Waals surface area contributed by atoms with Crippen LogP contribution in [0.25, 0.3) is 0 Å². The average molecular weight is 255 g/mol. The minimum atomic E-state index is -3.15. The van der Waals surface area contributed by atoms with Crippen LogP contribution < -0.4 is 10.1 Å². The van der Waals surface area contributed by atoms with Crippen molar-refractivity contribution in [1.29, 1.82) is 0 Å². The Bertz CT molecular complexity index is 480. The zero-order valence-electron chi connectivity index (χ0n) is 9.85. The summed E-state index contributed by atoms with van der Waals surface area (Å²) in [6.45, 7) is 1.36. The summed E-state index contributed by atoms with van der Waals surface area (Å²) in [5.74, 6) is 0.602. The van der Waals surface area contributed by atoms with Gasteiger partial charge in [0, 0.05) is 18.8 Å². The van der Waals surface area contributed by atoms with Crippen molar-refractivity contribution in [2.45, 2.75) is 23.8 Å². The molecular formula is C12H17NO3S. The molecule has 0 saturated heterocycles. The summed E-state index contributed by atoms with van der Waals surface area (Å²) in [6.07, 6.45) is 3.70. The fourth-order valence-corrected chi connectivity index (χ4v) is 2.17. The summed E-state index contributed by atoms with van der Waals surface area (Å²) in [4.78, 5) is 0.296. The van der Waals surface area contributed by atoms with E-state index in [1.807, 2.05) is 0 Å². The second-order valence-electron chi connectivity index (χ2n) is 4.32. The van der Waals surface area contributed by atoms with Crippen molar-refractivity contribution in [2.24, 2.45) is 0 Å². The van der Waals surface area contributed by atoms with Crippen molar-refractivity contribution in [3.63, 3.8) is 0 Å². The fourth-order valence-electron chi connectivity index (χ4n) is 1.51. The number of hydrogen-bond donors (Lipinski definition) is 1. The molecule has 0 amide bonds. The standard InChI is InChI=1S/C12H17NO3S/c1-17(14,15)12-4-2-3-11(9-12)16-8-7-13-10-5-6-10/h2-4,9-10,13H,5-8H2,1H3. The van der Waals surface area contributed by atoms with Crippen LogP contribution in [0.15, 0.2) is 29.2 Å². The van der Waals surface area contributed by atoms with Crippen molar-refractivity contribution < 1.29 is 13.2 Å². The molecule has 1 fully saturated rings. The maximum absolute atomic E-state index is 11.3. The predicted octanol–water partition coefficient (Wildman–Crippen LogP) is 1.22. The molecule has 0 atom stereocenters. The molecule has 4 nitrogen and oxygen atoms in total. The Morgan fingerprint density at radius 1 is 1.41 bits per heavy atom. The molecule has 17 heavy (non-hydrogen) atoms. The van der Waals surface area contributed by atoms with Gasteiger partial charge < -0.3 is 10.1 Å². The van der Waals surface area contributed by atoms with Crippen molar-refractivity contribution >= 4 is 9.84 Å². The molecular weight excluding hydrogens is 238 g/mol. The van der Waals surface area contributed by atoms with Crippen molar-refractivity contribution in [3.05, 3.63) is 24.3 Å². The molecule has 1 aliphatic rings. The maximum atomic E-state index is 11.3. The first-order valence-corrected chi connectivity index (χ1v) is 7.61. The van der Waals surface area contributed by atoms with E-state index in [1.165, 1.54) is 19.1 Å². The van der Waals surface area contributed by atoms with Crippen LogP contribution in [0, 0.1) is 0 Å². The van der Waals surface area contributed by atoms with E-state index in [9.17, 15) is 8.42 Å². The van der Waals surface area contributed by atoms with Gasteiger partial charge >= 0.3 is 0 Å². The van der Waals surface area contributed by atoms with Gasteiger partial charge in [0.15, 0.2) is 9.84 Å². The molecule has 0 aromatic heterocycles. The van der Waals surface area contributed by atoms with Gasteiger partial charge in [-0.25, -0.2) is 8.42 Å². The van der Waals surface area contributed by atoms with Crippen LogP contribution in [0.5, 0.6) is 5.75 Å². The third-order valence-corrected chi connectivity index (χ3v) is 3.73. The molecule has 0 unspecified atom stereocenters. The molecule has 1 aromatic carbocycles. The van der Waals surface area contributed by atoms with Crippen molar-refractivity contribution in [3.8, 4) is 5.75 Å². The van der Waals surface area contributed by atoms with Gasteiger partial charge in [0.2, 0.25) is 0 Å². The van der Waals surface area contributed by atoms with E-state index in [0.29, 0.717) is 23.3 Å². The second-order valence-corrected chi connectivity index (χ2v) is 6.34. The summed E-state index contributed by atoms with van der Waals surface area (Å²) in [5, 5.41) is 3.33. The Kier molecular flexibility index (Phi) is 3.69. The van der Waals surface area contributed by atoms with Gasteiger partial charge in [-0.3, -0.25) is 0 Å². The highest BCUT2D eigenvalue weighted by Gasteiger charge is 2.19. The molecule has 1 saturated carbocycles. The van der Waals surface area contributed by atoms with Crippen LogP contribution in [-0.2, 0) is 9.84 Å². The van der Waals surface area contributed by atoms with E-state index in [-0.39, 0.29) is 0 Å². The quantitative estimate of drug-likeness (QED) is 0.777. The molecule has 0 bridgehead atoms. The summed E-state index contributed by atoms with van der Waals surface area (Å²) < 4.78 is 28.2. The Morgan fingerprint density at radius 3 is 2.82 bits per heavy atom. The molecule has 1 aliphatic carbocycles. The molecule has 0 heterocycles. The highest BCUT2D eigenvalue weighted by molar-refractivity contribution is 7.90. The summed E-state index contributed by atoms with van der Waals surface area (Å²) in [6, 6.07) is 7.27. The van der Waals surface area contributed by atoms with Crippen LogP contribution in [0.2, 0.25) is 0 Å². The van der Waals surface area contributed by atoms with E-state index >= 15 is 0 Å². The smallest absolute Gasteiger partial charge is 0.175 e. The Hall–Kier alpha value is -1.07. The lowest BCUT2D eigenvalue weighted by Crippen LogP contribution is -2.22. The number of nitrogens with one attached hydrogen (secondary N) is 1. The number of hydrogen-bond acceptors (Lipinski definition) is 4. The predicted molar refractivity (Wildman–Crippen MR) is 66.1 cm³/mol. The second kappa shape index (κ2) is 5.06. The normalized spacial score (nSPS) is 15.8. The Balaban J connectivity index is 1.87. The molecule has 5 heteroatoms. The third kappa shape index (κ3) is 4.02. The Labute approximate surface area is 102 Å². The molecule has 94 valence electrons. The van der Waals surface area contributed by atoms with Crippen LogP contribution in [0.3, 0.4) is 0 Å². The van der Waals surface area contributed by atoms with Crippen LogP contribution in [-0.4, -0.2) is 33.9 Å². The van der Waals surface area contributed by atoms with Crippen molar-refractivity contribution in [1.82, 2.24) is 5.32 Å². The van der Waals surface area contributed by atoms with Crippen LogP contribution >= 0.6 is 0 Å². The topological polar surface area (TPSA) is 55.4 Å². The minimum absolute atomic E-state index is 0.296. The molecule has 0 radical (unpaired) electrons. The van der Waals surface area contributed by atoms with E-state index in [2.05, 4.69) is 5.32 Å². The SMILES string of the molecule is CS(=O)(=O)c1cccc(OCCNC2CC2)c1. The molecule has 1 aromatic rings. The van der Waals surface area contributed by atoms with E-state index in [4.69, 9.17) is 4.74 Å². The highest BCUT2D eigenvalue weighted by atomic mass is 32.2. The summed E-state index contributed by atoms with van der Waals surface area (Å²) >= 11 is 0. The first-order valence-electron chi connectivity index (χ1n) is 5.72. The first kappa shape index (κ1) is 12.4. The Morgan fingerprint density at radius 2 is 2.18 bits per heavy atom. The molecule has 0 spiro atoms. The highest BCUT2D eigenvalue weighted by Crippen LogP contribution is 2.19. The number of sulfone groups is 1. The van der Waals surface area contributed by atoms with Crippen LogP contribution in [0.4, 0.5) is 0 Å². The van der Waals surface area contributed by atoms with Gasteiger partial charge in [-0.05, 0) is 31.0 Å². The largest absolute Gasteiger partial charge is 0.492 e. The molecule has 1 N–H and O–H groups in total. The van der Waals surface area contributed by atoms with Crippen molar-refractivity contribution in [2.75, 3.05) is 19.4 Å². The van der Waals surface area contributed by atoms with E-state index < -0.39 is 9.84 Å². The molecule has 0 aliphatic heterocycles. The lowest BCUT2D eigenvalue weighted by molar-refractivity contribution is 0.312.